The topological polar surface area (TPSA) is 59.3 Å². The fraction of sp³-hybridized carbons (Fsp3) is 0.333. The van der Waals surface area contributed by atoms with Crippen LogP contribution in [0.4, 0.5) is 0 Å². The highest BCUT2D eigenvalue weighted by Gasteiger charge is 2.18. The van der Waals surface area contributed by atoms with E-state index in [1.54, 1.807) is 12.3 Å². The number of hydrogen-bond acceptors (Lipinski definition) is 2. The smallest absolute Gasteiger partial charge is 0.337 e. The summed E-state index contributed by atoms with van der Waals surface area (Å²) in [5.74, 6) is -0.995. The van der Waals surface area contributed by atoms with Crippen molar-refractivity contribution in [1.29, 1.82) is 0 Å². The van der Waals surface area contributed by atoms with Crippen LogP contribution in [-0.4, -0.2) is 21.4 Å². The molecule has 1 N–H and O–H groups in total. The normalized spacial score (nSPS) is 10.9. The summed E-state index contributed by atoms with van der Waals surface area (Å²) in [6.45, 7) is 6.04. The van der Waals surface area contributed by atoms with Crippen molar-refractivity contribution in [2.75, 3.05) is 0 Å². The van der Waals surface area contributed by atoms with Crippen LogP contribution in [-0.2, 0) is 13.0 Å². The van der Waals surface area contributed by atoms with Gasteiger partial charge in [0.25, 0.3) is 0 Å². The highest BCUT2D eigenvalue weighted by atomic mass is 16.4. The van der Waals surface area contributed by atoms with E-state index in [1.165, 1.54) is 6.92 Å². The Bertz CT molecular complexity index is 668. The fourth-order valence-electron chi connectivity index (χ4n) is 2.40. The summed E-state index contributed by atoms with van der Waals surface area (Å²) in [6, 6.07) is 3.62. The van der Waals surface area contributed by atoms with Crippen molar-refractivity contribution in [2.45, 2.75) is 33.7 Å². The Hall–Kier alpha value is -2.10. The molecule has 0 aliphatic carbocycles. The monoisotopic (exact) mass is 259 g/mol. The van der Waals surface area contributed by atoms with Gasteiger partial charge in [0, 0.05) is 23.7 Å². The first-order chi connectivity index (χ1) is 8.99. The number of Topliss-reactive ketones (excluding diaryl/α,β-unsaturated/α-hetero) is 1. The Morgan fingerprint density at radius 1 is 1.21 bits per heavy atom. The van der Waals surface area contributed by atoms with Crippen LogP contribution in [0.2, 0.25) is 0 Å². The lowest BCUT2D eigenvalue weighted by atomic mass is 10.0. The Morgan fingerprint density at radius 2 is 1.89 bits per heavy atom. The van der Waals surface area contributed by atoms with Gasteiger partial charge in [0.1, 0.15) is 0 Å². The highest BCUT2D eigenvalue weighted by Crippen LogP contribution is 2.27. The van der Waals surface area contributed by atoms with Crippen molar-refractivity contribution in [2.24, 2.45) is 0 Å². The van der Waals surface area contributed by atoms with Gasteiger partial charge < -0.3 is 9.67 Å². The van der Waals surface area contributed by atoms with Crippen LogP contribution in [0.5, 0.6) is 0 Å². The number of carboxylic acid groups (broad SMARTS) is 1. The van der Waals surface area contributed by atoms with Gasteiger partial charge in [-0.15, -0.1) is 0 Å². The molecular weight excluding hydrogens is 242 g/mol. The molecule has 19 heavy (non-hydrogen) atoms. The summed E-state index contributed by atoms with van der Waals surface area (Å²) in [4.78, 5) is 23.1. The van der Waals surface area contributed by atoms with Crippen molar-refractivity contribution in [3.8, 4) is 0 Å². The molecule has 0 aliphatic heterocycles. The maximum Gasteiger partial charge on any atom is 0.337 e. The van der Waals surface area contributed by atoms with Crippen LogP contribution < -0.4 is 0 Å². The molecule has 2 rings (SSSR count). The molecule has 0 saturated carbocycles. The summed E-state index contributed by atoms with van der Waals surface area (Å²) in [5, 5.41) is 10.1. The molecule has 0 radical (unpaired) electrons. The number of aromatic carboxylic acids is 1. The quantitative estimate of drug-likeness (QED) is 0.858. The molecule has 100 valence electrons. The SMILES string of the molecule is CCc1cc(C(=O)O)c2c(c1)c(C(C)=O)cn2CC. The van der Waals surface area contributed by atoms with E-state index in [-0.39, 0.29) is 11.3 Å². The molecule has 0 atom stereocenters. The zero-order valence-corrected chi connectivity index (χ0v) is 11.4. The van der Waals surface area contributed by atoms with Gasteiger partial charge in [0.05, 0.1) is 11.1 Å². The predicted molar refractivity (Wildman–Crippen MR) is 74.0 cm³/mol. The second-order valence-corrected chi connectivity index (χ2v) is 4.58. The third-order valence-corrected chi connectivity index (χ3v) is 3.39. The number of carbonyl (C=O) groups is 2. The number of rotatable bonds is 4. The molecular formula is C15H17NO3. The Morgan fingerprint density at radius 3 is 2.37 bits per heavy atom. The molecule has 0 aliphatic rings. The number of nitrogens with zero attached hydrogens (tertiary/aromatic N) is 1. The average molecular weight is 259 g/mol. The number of hydrogen-bond donors (Lipinski definition) is 1. The van der Waals surface area contributed by atoms with Gasteiger partial charge in [-0.25, -0.2) is 4.79 Å². The second kappa shape index (κ2) is 4.88. The molecule has 0 spiro atoms. The third kappa shape index (κ3) is 2.14. The van der Waals surface area contributed by atoms with Gasteiger partial charge in [-0.05, 0) is 38.0 Å². The molecule has 2 aromatic rings. The van der Waals surface area contributed by atoms with Gasteiger partial charge >= 0.3 is 5.97 Å². The van der Waals surface area contributed by atoms with Crippen molar-refractivity contribution < 1.29 is 14.7 Å². The van der Waals surface area contributed by atoms with Crippen LogP contribution in [0.15, 0.2) is 18.3 Å². The van der Waals surface area contributed by atoms with Crippen molar-refractivity contribution >= 4 is 22.7 Å². The lowest BCUT2D eigenvalue weighted by Crippen LogP contribution is -2.03. The first kappa shape index (κ1) is 13.3. The molecule has 0 saturated heterocycles. The van der Waals surface area contributed by atoms with Crippen LogP contribution >= 0.6 is 0 Å². The molecule has 0 unspecified atom stereocenters. The van der Waals surface area contributed by atoms with Gasteiger partial charge in [-0.3, -0.25) is 4.79 Å². The zero-order valence-electron chi connectivity index (χ0n) is 11.4. The predicted octanol–water partition coefficient (Wildman–Crippen LogP) is 3.12. The van der Waals surface area contributed by atoms with Gasteiger partial charge in [-0.2, -0.15) is 0 Å². The number of benzene rings is 1. The Kier molecular flexibility index (Phi) is 3.42. The molecule has 4 nitrogen and oxygen atoms in total. The first-order valence-electron chi connectivity index (χ1n) is 6.39. The van der Waals surface area contributed by atoms with Gasteiger partial charge in [0.2, 0.25) is 0 Å². The van der Waals surface area contributed by atoms with E-state index in [9.17, 15) is 14.7 Å². The van der Waals surface area contributed by atoms with Crippen LogP contribution in [0.25, 0.3) is 10.9 Å². The molecule has 0 bridgehead atoms. The molecule has 0 fully saturated rings. The van der Waals surface area contributed by atoms with Gasteiger partial charge in [0.15, 0.2) is 5.78 Å². The van der Waals surface area contributed by atoms with E-state index in [1.807, 2.05) is 24.5 Å². The largest absolute Gasteiger partial charge is 0.478 e. The summed E-state index contributed by atoms with van der Waals surface area (Å²) < 4.78 is 1.83. The van der Waals surface area contributed by atoms with Gasteiger partial charge in [-0.1, -0.05) is 6.92 Å². The number of carboxylic acids is 1. The van der Waals surface area contributed by atoms with Crippen molar-refractivity contribution in [3.05, 3.63) is 35.0 Å². The van der Waals surface area contributed by atoms with Crippen LogP contribution in [0.3, 0.4) is 0 Å². The standard InChI is InChI=1S/C15H17NO3/c1-4-10-6-11-13(9(3)17)8-16(5-2)14(11)12(7-10)15(18)19/h6-8H,4-5H2,1-3H3,(H,18,19). The Balaban J connectivity index is 2.93. The number of aryl methyl sites for hydroxylation is 2. The maximum atomic E-state index is 11.7. The van der Waals surface area contributed by atoms with Crippen LogP contribution in [0.1, 0.15) is 47.1 Å². The third-order valence-electron chi connectivity index (χ3n) is 3.39. The highest BCUT2D eigenvalue weighted by molar-refractivity contribution is 6.12. The maximum absolute atomic E-state index is 11.7. The number of ketones is 1. The fourth-order valence-corrected chi connectivity index (χ4v) is 2.40. The summed E-state index contributed by atoms with van der Waals surface area (Å²) in [7, 11) is 0. The lowest BCUT2D eigenvalue weighted by molar-refractivity contribution is 0.0698. The van der Waals surface area contributed by atoms with Crippen LogP contribution in [0, 0.1) is 0 Å². The summed E-state index contributed by atoms with van der Waals surface area (Å²) in [6.07, 6.45) is 2.49. The summed E-state index contributed by atoms with van der Waals surface area (Å²) in [5.41, 5.74) is 2.43. The van der Waals surface area contributed by atoms with E-state index < -0.39 is 5.97 Å². The minimum atomic E-state index is -0.955. The minimum absolute atomic E-state index is 0.0400. The van der Waals surface area contributed by atoms with Crippen molar-refractivity contribution in [3.63, 3.8) is 0 Å². The number of carbonyl (C=O) groups excluding carboxylic acids is 1. The second-order valence-electron chi connectivity index (χ2n) is 4.58. The Labute approximate surface area is 111 Å². The van der Waals surface area contributed by atoms with E-state index in [2.05, 4.69) is 0 Å². The van der Waals surface area contributed by atoms with Crippen molar-refractivity contribution in [1.82, 2.24) is 4.57 Å². The van der Waals surface area contributed by atoms with E-state index in [0.29, 0.717) is 17.6 Å². The molecule has 1 aromatic carbocycles. The van der Waals surface area contributed by atoms with E-state index >= 15 is 0 Å². The summed E-state index contributed by atoms with van der Waals surface area (Å²) >= 11 is 0. The molecule has 1 heterocycles. The zero-order chi connectivity index (χ0) is 14.2. The first-order valence-corrected chi connectivity index (χ1v) is 6.39. The molecule has 1 aromatic heterocycles. The number of fused-ring (bicyclic) bond motifs is 1. The van der Waals surface area contributed by atoms with E-state index in [0.717, 1.165) is 17.4 Å². The molecule has 4 heteroatoms. The lowest BCUT2D eigenvalue weighted by Gasteiger charge is -2.07. The van der Waals surface area contributed by atoms with E-state index in [4.69, 9.17) is 0 Å². The average Bonchev–Trinajstić information content (AvgIpc) is 2.75. The minimum Gasteiger partial charge on any atom is -0.478 e. The number of aromatic nitrogens is 1. The molecule has 0 amide bonds.